The van der Waals surface area contributed by atoms with Crippen molar-refractivity contribution >= 4 is 23.3 Å². The monoisotopic (exact) mass is 472 g/mol. The third-order valence-electron chi connectivity index (χ3n) is 5.88. The number of anilines is 1. The first-order valence-corrected chi connectivity index (χ1v) is 11.3. The van der Waals surface area contributed by atoms with Gasteiger partial charge >= 0.3 is 6.03 Å². The number of hydrogen-bond acceptors (Lipinski definition) is 5. The molecule has 1 heterocycles. The average molecular weight is 473 g/mol. The highest BCUT2D eigenvalue weighted by molar-refractivity contribution is 6.15. The van der Waals surface area contributed by atoms with Gasteiger partial charge in [-0.3, -0.25) is 4.79 Å². The molecule has 1 aliphatic rings. The lowest BCUT2D eigenvalue weighted by Crippen LogP contribution is -2.41. The van der Waals surface area contributed by atoms with Gasteiger partial charge in [0.25, 0.3) is 5.91 Å². The second-order valence-corrected chi connectivity index (χ2v) is 8.16. The summed E-state index contributed by atoms with van der Waals surface area (Å²) in [6, 6.07) is 19.7. The molecule has 0 saturated heterocycles. The number of para-hydroxylation sites is 1. The van der Waals surface area contributed by atoms with Gasteiger partial charge in [0.15, 0.2) is 11.5 Å². The van der Waals surface area contributed by atoms with Crippen LogP contribution in [0, 0.1) is 0 Å². The van der Waals surface area contributed by atoms with Crippen LogP contribution in [0.15, 0.2) is 71.8 Å². The number of nitrogens with one attached hydrogen (secondary N) is 2. The summed E-state index contributed by atoms with van der Waals surface area (Å²) in [4.78, 5) is 25.3. The maximum atomic E-state index is 12.7. The van der Waals surface area contributed by atoms with Gasteiger partial charge in [0.2, 0.25) is 0 Å². The number of carbonyl (C=O) groups excluding carboxylic acids is 2. The summed E-state index contributed by atoms with van der Waals surface area (Å²) in [6.07, 6.45) is 0.577. The fraction of sp³-hybridized carbons (Fsp3) is 0.222. The summed E-state index contributed by atoms with van der Waals surface area (Å²) in [7, 11) is 4.75. The van der Waals surface area contributed by atoms with E-state index in [0.717, 1.165) is 22.4 Å². The number of amides is 3. The van der Waals surface area contributed by atoms with Crippen molar-refractivity contribution in [2.45, 2.75) is 19.4 Å². The van der Waals surface area contributed by atoms with Crippen molar-refractivity contribution in [3.05, 3.63) is 89.0 Å². The molecular formula is C27H28N4O4. The van der Waals surface area contributed by atoms with E-state index in [0.29, 0.717) is 29.2 Å². The van der Waals surface area contributed by atoms with Gasteiger partial charge in [-0.1, -0.05) is 30.3 Å². The predicted molar refractivity (Wildman–Crippen MR) is 135 cm³/mol. The minimum Gasteiger partial charge on any atom is -0.493 e. The Bertz CT molecular complexity index is 1260. The molecule has 0 bridgehead atoms. The molecule has 35 heavy (non-hydrogen) atoms. The third kappa shape index (κ3) is 4.96. The van der Waals surface area contributed by atoms with E-state index < -0.39 is 0 Å². The van der Waals surface area contributed by atoms with E-state index in [1.165, 1.54) is 5.01 Å². The van der Waals surface area contributed by atoms with Gasteiger partial charge in [-0.2, -0.15) is 5.10 Å². The van der Waals surface area contributed by atoms with Crippen LogP contribution in [-0.4, -0.2) is 50.0 Å². The fourth-order valence-corrected chi connectivity index (χ4v) is 4.05. The molecule has 1 unspecified atom stereocenters. The maximum Gasteiger partial charge on any atom is 0.337 e. The zero-order chi connectivity index (χ0) is 24.9. The van der Waals surface area contributed by atoms with E-state index in [1.807, 2.05) is 61.5 Å². The number of benzene rings is 3. The standard InChI is InChI=1S/C27H28N4O4/c1-17-14-20-15-23(34-3)24(35-4)16-22(20)25(30-31(17)27(33)28-2)18-10-12-19(13-11-18)26(32)29-21-8-6-5-7-9-21/h5-13,15-17H,14H2,1-4H3,(H,28,33)(H,29,32). The van der Waals surface area contributed by atoms with E-state index in [-0.39, 0.29) is 18.0 Å². The van der Waals surface area contributed by atoms with E-state index in [9.17, 15) is 9.59 Å². The molecule has 3 aromatic carbocycles. The first-order valence-electron chi connectivity index (χ1n) is 11.3. The van der Waals surface area contributed by atoms with Crippen molar-refractivity contribution in [2.75, 3.05) is 26.6 Å². The lowest BCUT2D eigenvalue weighted by Gasteiger charge is -2.22. The summed E-state index contributed by atoms with van der Waals surface area (Å²) < 4.78 is 11.0. The number of fused-ring (bicyclic) bond motifs is 1. The van der Waals surface area contributed by atoms with Gasteiger partial charge in [-0.25, -0.2) is 9.80 Å². The molecule has 0 spiro atoms. The Labute approximate surface area is 204 Å². The number of urea groups is 1. The van der Waals surface area contributed by atoms with E-state index in [1.54, 1.807) is 33.4 Å². The number of hydrazone groups is 1. The molecule has 0 radical (unpaired) electrons. The molecular weight excluding hydrogens is 444 g/mol. The van der Waals surface area contributed by atoms with Crippen LogP contribution < -0.4 is 20.1 Å². The molecule has 0 saturated carbocycles. The minimum atomic E-state index is -0.305. The highest BCUT2D eigenvalue weighted by Crippen LogP contribution is 2.34. The number of hydrogen-bond donors (Lipinski definition) is 2. The Hall–Kier alpha value is -4.33. The van der Waals surface area contributed by atoms with E-state index >= 15 is 0 Å². The quantitative estimate of drug-likeness (QED) is 0.579. The lowest BCUT2D eigenvalue weighted by molar-refractivity contribution is 0.102. The molecule has 0 aliphatic carbocycles. The first kappa shape index (κ1) is 23.8. The van der Waals surface area contributed by atoms with Crippen molar-refractivity contribution in [1.29, 1.82) is 0 Å². The molecule has 2 N–H and O–H groups in total. The van der Waals surface area contributed by atoms with Gasteiger partial charge in [-0.15, -0.1) is 0 Å². The molecule has 4 rings (SSSR count). The molecule has 1 atom stereocenters. The van der Waals surface area contributed by atoms with Crippen LogP contribution in [-0.2, 0) is 6.42 Å². The van der Waals surface area contributed by atoms with Crippen molar-refractivity contribution in [3.8, 4) is 11.5 Å². The highest BCUT2D eigenvalue weighted by atomic mass is 16.5. The Morgan fingerprint density at radius 3 is 2.26 bits per heavy atom. The summed E-state index contributed by atoms with van der Waals surface area (Å²) >= 11 is 0. The van der Waals surface area contributed by atoms with E-state index in [4.69, 9.17) is 14.6 Å². The Morgan fingerprint density at radius 1 is 0.971 bits per heavy atom. The molecule has 3 amide bonds. The number of carbonyl (C=O) groups is 2. The first-order chi connectivity index (χ1) is 16.9. The van der Waals surface area contributed by atoms with Gasteiger partial charge in [-0.05, 0) is 55.3 Å². The summed E-state index contributed by atoms with van der Waals surface area (Å²) in [6.45, 7) is 1.94. The smallest absolute Gasteiger partial charge is 0.337 e. The molecule has 0 aromatic heterocycles. The SMILES string of the molecule is CNC(=O)N1N=C(c2ccc(C(=O)Nc3ccccc3)cc2)c2cc(OC)c(OC)cc2CC1C. The van der Waals surface area contributed by atoms with Crippen molar-refractivity contribution < 1.29 is 19.1 Å². The van der Waals surface area contributed by atoms with Crippen LogP contribution in [0.2, 0.25) is 0 Å². The van der Waals surface area contributed by atoms with Crippen LogP contribution in [0.1, 0.15) is 34.0 Å². The van der Waals surface area contributed by atoms with Gasteiger partial charge in [0.05, 0.1) is 26.0 Å². The normalized spacial score (nSPS) is 14.8. The van der Waals surface area contributed by atoms with Gasteiger partial charge in [0, 0.05) is 29.4 Å². The zero-order valence-corrected chi connectivity index (χ0v) is 20.2. The Morgan fingerprint density at radius 2 is 1.63 bits per heavy atom. The number of rotatable bonds is 5. The largest absolute Gasteiger partial charge is 0.493 e. The molecule has 3 aromatic rings. The zero-order valence-electron chi connectivity index (χ0n) is 20.2. The molecule has 8 heteroatoms. The number of nitrogens with zero attached hydrogens (tertiary/aromatic N) is 2. The summed E-state index contributed by atoms with van der Waals surface area (Å²) in [5.74, 6) is 0.968. The van der Waals surface area contributed by atoms with E-state index in [2.05, 4.69) is 10.6 Å². The van der Waals surface area contributed by atoms with Crippen LogP contribution in [0.3, 0.4) is 0 Å². The minimum absolute atomic E-state index is 0.194. The summed E-state index contributed by atoms with van der Waals surface area (Å²) in [5, 5.41) is 11.7. The topological polar surface area (TPSA) is 92.3 Å². The van der Waals surface area contributed by atoms with Crippen LogP contribution in [0.5, 0.6) is 11.5 Å². The third-order valence-corrected chi connectivity index (χ3v) is 5.88. The fourth-order valence-electron chi connectivity index (χ4n) is 4.05. The van der Waals surface area contributed by atoms with Crippen molar-refractivity contribution in [3.63, 3.8) is 0 Å². The number of ether oxygens (including phenoxy) is 2. The highest BCUT2D eigenvalue weighted by Gasteiger charge is 2.28. The Kier molecular flexibility index (Phi) is 7.01. The maximum absolute atomic E-state index is 12.7. The summed E-state index contributed by atoms with van der Waals surface area (Å²) in [5.41, 5.74) is 4.41. The van der Waals surface area contributed by atoms with Crippen LogP contribution >= 0.6 is 0 Å². The van der Waals surface area contributed by atoms with Crippen LogP contribution in [0.4, 0.5) is 10.5 Å². The van der Waals surface area contributed by atoms with Gasteiger partial charge < -0.3 is 20.1 Å². The second kappa shape index (κ2) is 10.3. The van der Waals surface area contributed by atoms with Crippen LogP contribution in [0.25, 0.3) is 0 Å². The second-order valence-electron chi connectivity index (χ2n) is 8.16. The average Bonchev–Trinajstić information content (AvgIpc) is 3.03. The Balaban J connectivity index is 1.75. The predicted octanol–water partition coefficient (Wildman–Crippen LogP) is 4.29. The molecule has 180 valence electrons. The molecule has 8 nitrogen and oxygen atoms in total. The van der Waals surface area contributed by atoms with Crippen molar-refractivity contribution in [1.82, 2.24) is 10.3 Å². The number of methoxy groups -OCH3 is 2. The van der Waals surface area contributed by atoms with Gasteiger partial charge in [0.1, 0.15) is 0 Å². The van der Waals surface area contributed by atoms with Crippen molar-refractivity contribution in [2.24, 2.45) is 5.10 Å². The lowest BCUT2D eigenvalue weighted by atomic mass is 9.93. The molecule has 1 aliphatic heterocycles. The molecule has 0 fully saturated rings.